The van der Waals surface area contributed by atoms with E-state index in [4.69, 9.17) is 10.5 Å². The van der Waals surface area contributed by atoms with E-state index in [1.54, 1.807) is 0 Å². The number of aromatic nitrogens is 1. The largest absolute Gasteiger partial charge is 0.397 e. The van der Waals surface area contributed by atoms with Gasteiger partial charge in [-0.05, 0) is 19.1 Å². The Bertz CT molecular complexity index is 627. The second-order valence-corrected chi connectivity index (χ2v) is 5.47. The minimum atomic E-state index is -0.736. The van der Waals surface area contributed by atoms with E-state index in [9.17, 15) is 9.90 Å². The molecule has 0 fully saturated rings. The summed E-state index contributed by atoms with van der Waals surface area (Å²) >= 11 is 1.25. The summed E-state index contributed by atoms with van der Waals surface area (Å²) in [6.07, 6.45) is -0.736. The molecule has 0 aliphatic rings. The van der Waals surface area contributed by atoms with Crippen molar-refractivity contribution in [3.63, 3.8) is 0 Å². The molecule has 0 bridgehead atoms. The number of aryl methyl sites for hydroxylation is 1. The molecule has 6 nitrogen and oxygen atoms in total. The van der Waals surface area contributed by atoms with Crippen molar-refractivity contribution in [2.24, 2.45) is 0 Å². The number of pyridine rings is 1. The summed E-state index contributed by atoms with van der Waals surface area (Å²) in [5.74, 6) is -0.307. The number of nitrogens with two attached hydrogens (primary N) is 1. The van der Waals surface area contributed by atoms with Crippen molar-refractivity contribution < 1.29 is 14.6 Å². The number of anilines is 1. The summed E-state index contributed by atoms with van der Waals surface area (Å²) in [7, 11) is 1.49. The number of thiophene rings is 1. The first kappa shape index (κ1) is 14.7. The van der Waals surface area contributed by atoms with Gasteiger partial charge in [0, 0.05) is 24.7 Å². The van der Waals surface area contributed by atoms with Crippen molar-refractivity contribution in [3.05, 3.63) is 22.7 Å². The lowest BCUT2D eigenvalue weighted by atomic mass is 10.2. The molecule has 1 unspecified atom stereocenters. The number of fused-ring (bicyclic) bond motifs is 1. The number of hydrogen-bond acceptors (Lipinski definition) is 6. The highest BCUT2D eigenvalue weighted by Gasteiger charge is 2.17. The van der Waals surface area contributed by atoms with E-state index in [1.165, 1.54) is 18.4 Å². The van der Waals surface area contributed by atoms with Crippen LogP contribution in [0.5, 0.6) is 0 Å². The average molecular weight is 295 g/mol. The molecule has 0 aliphatic carbocycles. The van der Waals surface area contributed by atoms with Gasteiger partial charge in [0.25, 0.3) is 5.91 Å². The predicted molar refractivity (Wildman–Crippen MR) is 79.0 cm³/mol. The number of ether oxygens (including phenoxy) is 1. The van der Waals surface area contributed by atoms with Gasteiger partial charge in [0.15, 0.2) is 0 Å². The minimum absolute atomic E-state index is 0.118. The molecular formula is C13H17N3O3S. The van der Waals surface area contributed by atoms with Crippen LogP contribution in [0, 0.1) is 6.92 Å². The maximum atomic E-state index is 12.1. The van der Waals surface area contributed by atoms with Crippen LogP contribution in [0.2, 0.25) is 0 Å². The number of nitrogens with one attached hydrogen (secondary N) is 1. The molecule has 2 rings (SSSR count). The number of amides is 1. The van der Waals surface area contributed by atoms with Gasteiger partial charge in [-0.2, -0.15) is 0 Å². The molecule has 7 heteroatoms. The number of methoxy groups -OCH3 is 1. The molecule has 2 aromatic rings. The molecule has 20 heavy (non-hydrogen) atoms. The van der Waals surface area contributed by atoms with Crippen LogP contribution in [0.4, 0.5) is 5.69 Å². The third-order valence-corrected chi connectivity index (χ3v) is 3.91. The third-order valence-electron chi connectivity index (χ3n) is 2.80. The standard InChI is InChI=1S/C13H17N3O3S/c1-7-3-4-9-10(14)11(20-13(9)16-7)12(18)15-5-8(17)6-19-2/h3-4,8,17H,5-6,14H2,1-2H3,(H,15,18). The number of nitrogens with zero attached hydrogens (tertiary/aromatic N) is 1. The number of aliphatic hydroxyl groups is 1. The maximum absolute atomic E-state index is 12.1. The lowest BCUT2D eigenvalue weighted by molar-refractivity contribution is 0.0611. The summed E-state index contributed by atoms with van der Waals surface area (Å²) < 4.78 is 4.79. The van der Waals surface area contributed by atoms with Gasteiger partial charge in [-0.3, -0.25) is 4.79 Å². The van der Waals surface area contributed by atoms with Crippen molar-refractivity contribution in [3.8, 4) is 0 Å². The molecule has 0 radical (unpaired) electrons. The normalized spacial score (nSPS) is 12.6. The van der Waals surface area contributed by atoms with Crippen molar-refractivity contribution in [1.82, 2.24) is 10.3 Å². The third kappa shape index (κ3) is 3.06. The number of carbonyl (C=O) groups is 1. The molecule has 2 aromatic heterocycles. The van der Waals surface area contributed by atoms with Gasteiger partial charge in [-0.15, -0.1) is 11.3 Å². The Morgan fingerprint density at radius 3 is 3.05 bits per heavy atom. The van der Waals surface area contributed by atoms with Crippen LogP contribution in [-0.4, -0.2) is 42.4 Å². The van der Waals surface area contributed by atoms with E-state index in [2.05, 4.69) is 10.3 Å². The highest BCUT2D eigenvalue weighted by molar-refractivity contribution is 7.21. The van der Waals surface area contributed by atoms with Gasteiger partial charge in [-0.25, -0.2) is 4.98 Å². The Balaban J connectivity index is 2.16. The highest BCUT2D eigenvalue weighted by Crippen LogP contribution is 2.32. The maximum Gasteiger partial charge on any atom is 0.263 e. The summed E-state index contributed by atoms with van der Waals surface area (Å²) in [4.78, 5) is 17.6. The van der Waals surface area contributed by atoms with Crippen molar-refractivity contribution in [2.45, 2.75) is 13.0 Å². The van der Waals surface area contributed by atoms with Crippen LogP contribution in [0.3, 0.4) is 0 Å². The summed E-state index contributed by atoms with van der Waals surface area (Å²) in [6.45, 7) is 2.17. The number of aliphatic hydroxyl groups excluding tert-OH is 1. The number of nitrogen functional groups attached to an aromatic ring is 1. The van der Waals surface area contributed by atoms with Crippen molar-refractivity contribution in [2.75, 3.05) is 26.0 Å². The topological polar surface area (TPSA) is 97.5 Å². The average Bonchev–Trinajstić information content (AvgIpc) is 2.73. The molecule has 1 amide bonds. The Morgan fingerprint density at radius 1 is 1.60 bits per heavy atom. The fraction of sp³-hybridized carbons (Fsp3) is 0.385. The molecule has 2 heterocycles. The van der Waals surface area contributed by atoms with Crippen LogP contribution in [0.15, 0.2) is 12.1 Å². The molecule has 0 aliphatic heterocycles. The lowest BCUT2D eigenvalue weighted by Crippen LogP contribution is -2.34. The highest BCUT2D eigenvalue weighted by atomic mass is 32.1. The zero-order valence-corrected chi connectivity index (χ0v) is 12.2. The van der Waals surface area contributed by atoms with Crippen molar-refractivity contribution >= 4 is 33.1 Å². The van der Waals surface area contributed by atoms with Gasteiger partial charge in [0.1, 0.15) is 9.71 Å². The molecule has 0 saturated heterocycles. The van der Waals surface area contributed by atoms with E-state index in [0.29, 0.717) is 10.6 Å². The quantitative estimate of drug-likeness (QED) is 0.762. The first-order valence-electron chi connectivity index (χ1n) is 6.13. The SMILES string of the molecule is COCC(O)CNC(=O)c1sc2nc(C)ccc2c1N. The van der Waals surface area contributed by atoms with Gasteiger partial charge in [0.2, 0.25) is 0 Å². The molecule has 108 valence electrons. The first-order chi connectivity index (χ1) is 9.52. The molecule has 4 N–H and O–H groups in total. The summed E-state index contributed by atoms with van der Waals surface area (Å²) in [5.41, 5.74) is 7.28. The molecule has 0 saturated carbocycles. The lowest BCUT2D eigenvalue weighted by Gasteiger charge is -2.10. The van der Waals surface area contributed by atoms with Crippen LogP contribution in [-0.2, 0) is 4.74 Å². The zero-order valence-electron chi connectivity index (χ0n) is 11.3. The van der Waals surface area contributed by atoms with E-state index >= 15 is 0 Å². The first-order valence-corrected chi connectivity index (χ1v) is 6.95. The minimum Gasteiger partial charge on any atom is -0.397 e. The van der Waals surface area contributed by atoms with Crippen LogP contribution in [0.25, 0.3) is 10.2 Å². The monoisotopic (exact) mass is 295 g/mol. The Labute approximate surface area is 120 Å². The van der Waals surface area contributed by atoms with Crippen molar-refractivity contribution in [1.29, 1.82) is 0 Å². The number of carbonyl (C=O) groups excluding carboxylic acids is 1. The Kier molecular flexibility index (Phi) is 4.53. The molecule has 0 aromatic carbocycles. The Morgan fingerprint density at radius 2 is 2.35 bits per heavy atom. The smallest absolute Gasteiger partial charge is 0.263 e. The van der Waals surface area contributed by atoms with E-state index in [-0.39, 0.29) is 19.1 Å². The van der Waals surface area contributed by atoms with E-state index in [0.717, 1.165) is 15.9 Å². The Hall–Kier alpha value is -1.70. The van der Waals surface area contributed by atoms with Gasteiger partial charge in [-0.1, -0.05) is 0 Å². The van der Waals surface area contributed by atoms with Gasteiger partial charge < -0.3 is 20.9 Å². The predicted octanol–water partition coefficient (Wildman–Crippen LogP) is 0.924. The molecular weight excluding hydrogens is 278 g/mol. The summed E-state index contributed by atoms with van der Waals surface area (Å²) in [5, 5.41) is 12.9. The molecule has 1 atom stereocenters. The second-order valence-electron chi connectivity index (χ2n) is 4.47. The fourth-order valence-corrected chi connectivity index (χ4v) is 2.86. The van der Waals surface area contributed by atoms with Gasteiger partial charge in [0.05, 0.1) is 18.4 Å². The van der Waals surface area contributed by atoms with Gasteiger partial charge >= 0.3 is 0 Å². The number of hydrogen-bond donors (Lipinski definition) is 3. The van der Waals surface area contributed by atoms with Crippen LogP contribution in [0.1, 0.15) is 15.4 Å². The van der Waals surface area contributed by atoms with E-state index in [1.807, 2.05) is 19.1 Å². The molecule has 0 spiro atoms. The fourth-order valence-electron chi connectivity index (χ4n) is 1.80. The number of rotatable bonds is 5. The second kappa shape index (κ2) is 6.17. The zero-order chi connectivity index (χ0) is 14.7. The van der Waals surface area contributed by atoms with Crippen LogP contribution >= 0.6 is 11.3 Å². The summed E-state index contributed by atoms with van der Waals surface area (Å²) in [6, 6.07) is 3.72. The van der Waals surface area contributed by atoms with Crippen LogP contribution < -0.4 is 11.1 Å². The van der Waals surface area contributed by atoms with E-state index < -0.39 is 6.10 Å².